The molecule has 0 heterocycles. The Bertz CT molecular complexity index is 565. The van der Waals surface area contributed by atoms with Gasteiger partial charge in [0.05, 0.1) is 4.92 Å². The number of amides is 1. The maximum atomic E-state index is 11.7. The Kier molecular flexibility index (Phi) is 4.70. The van der Waals surface area contributed by atoms with E-state index < -0.39 is 4.92 Å². The summed E-state index contributed by atoms with van der Waals surface area (Å²) in [6, 6.07) is 6.10. The second-order valence-electron chi connectivity index (χ2n) is 5.38. The summed E-state index contributed by atoms with van der Waals surface area (Å²) >= 11 is 0. The van der Waals surface area contributed by atoms with E-state index in [2.05, 4.69) is 5.32 Å². The average molecular weight is 290 g/mol. The molecule has 0 spiro atoms. The summed E-state index contributed by atoms with van der Waals surface area (Å²) in [7, 11) is 0. The molecule has 0 unspecified atom stereocenters. The number of benzene rings is 1. The van der Waals surface area contributed by atoms with Crippen molar-refractivity contribution in [3.05, 3.63) is 46.0 Å². The summed E-state index contributed by atoms with van der Waals surface area (Å²) in [5.41, 5.74) is 0.678. The van der Waals surface area contributed by atoms with Gasteiger partial charge in [0.15, 0.2) is 0 Å². The molecule has 0 bridgehead atoms. The van der Waals surface area contributed by atoms with Crippen LogP contribution in [0.2, 0.25) is 0 Å². The Morgan fingerprint density at radius 2 is 2.24 bits per heavy atom. The van der Waals surface area contributed by atoms with Crippen molar-refractivity contribution < 1.29 is 14.8 Å². The summed E-state index contributed by atoms with van der Waals surface area (Å²) in [5, 5.41) is 22.4. The lowest BCUT2D eigenvalue weighted by molar-refractivity contribution is -0.384. The summed E-state index contributed by atoms with van der Waals surface area (Å²) < 4.78 is 0. The number of nitrogens with one attached hydrogen (secondary N) is 1. The molecule has 0 atom stereocenters. The second-order valence-corrected chi connectivity index (χ2v) is 5.38. The van der Waals surface area contributed by atoms with Gasteiger partial charge in [-0.25, -0.2) is 0 Å². The van der Waals surface area contributed by atoms with Gasteiger partial charge in [0.1, 0.15) is 0 Å². The monoisotopic (exact) mass is 290 g/mol. The lowest BCUT2D eigenvalue weighted by Crippen LogP contribution is -2.29. The van der Waals surface area contributed by atoms with Gasteiger partial charge in [0.25, 0.3) is 5.69 Å². The molecule has 6 heteroatoms. The zero-order valence-electron chi connectivity index (χ0n) is 11.6. The van der Waals surface area contributed by atoms with E-state index in [9.17, 15) is 14.9 Å². The first-order chi connectivity index (χ1) is 10.0. The Morgan fingerprint density at radius 3 is 2.86 bits per heavy atom. The molecule has 1 saturated carbocycles. The van der Waals surface area contributed by atoms with Crippen LogP contribution in [-0.2, 0) is 4.79 Å². The van der Waals surface area contributed by atoms with Crippen LogP contribution in [-0.4, -0.2) is 29.1 Å². The fourth-order valence-electron chi connectivity index (χ4n) is 2.18. The van der Waals surface area contributed by atoms with Crippen molar-refractivity contribution in [2.75, 3.05) is 13.2 Å². The van der Waals surface area contributed by atoms with Gasteiger partial charge in [0.2, 0.25) is 5.91 Å². The number of aliphatic hydroxyl groups is 1. The van der Waals surface area contributed by atoms with E-state index in [0.29, 0.717) is 18.5 Å². The molecule has 1 aromatic carbocycles. The van der Waals surface area contributed by atoms with Crippen LogP contribution in [0.15, 0.2) is 30.3 Å². The highest BCUT2D eigenvalue weighted by Gasteiger charge is 2.41. The molecular formula is C15H18N2O4. The number of nitrogens with zero attached hydrogens (tertiary/aromatic N) is 1. The summed E-state index contributed by atoms with van der Waals surface area (Å²) in [5.74, 6) is -0.231. The van der Waals surface area contributed by atoms with E-state index >= 15 is 0 Å². The Labute approximate surface area is 122 Å². The highest BCUT2D eigenvalue weighted by molar-refractivity contribution is 5.91. The number of nitro benzene ring substituents is 1. The van der Waals surface area contributed by atoms with Crippen LogP contribution < -0.4 is 5.32 Å². The van der Waals surface area contributed by atoms with Gasteiger partial charge in [-0.05, 0) is 36.3 Å². The minimum atomic E-state index is -0.469. The first-order valence-electron chi connectivity index (χ1n) is 6.86. The molecule has 112 valence electrons. The maximum absolute atomic E-state index is 11.7. The SMILES string of the molecule is O=C(/C=C/c1cccc([N+](=O)[O-])c1)NCC1(CCO)CC1. The molecule has 2 N–H and O–H groups in total. The quantitative estimate of drug-likeness (QED) is 0.455. The van der Waals surface area contributed by atoms with Crippen molar-refractivity contribution in [2.45, 2.75) is 19.3 Å². The van der Waals surface area contributed by atoms with E-state index in [4.69, 9.17) is 5.11 Å². The number of carbonyl (C=O) groups excluding carboxylic acids is 1. The van der Waals surface area contributed by atoms with E-state index in [1.807, 2.05) is 0 Å². The molecule has 0 aromatic heterocycles. The van der Waals surface area contributed by atoms with Crippen LogP contribution >= 0.6 is 0 Å². The third kappa shape index (κ3) is 4.39. The number of hydrogen-bond acceptors (Lipinski definition) is 4. The first kappa shape index (κ1) is 15.2. The van der Waals surface area contributed by atoms with Gasteiger partial charge in [-0.15, -0.1) is 0 Å². The lowest BCUT2D eigenvalue weighted by Gasteiger charge is -2.13. The van der Waals surface area contributed by atoms with E-state index in [-0.39, 0.29) is 23.6 Å². The summed E-state index contributed by atoms with van der Waals surface area (Å²) in [4.78, 5) is 21.9. The molecule has 2 rings (SSSR count). The summed E-state index contributed by atoms with van der Waals surface area (Å²) in [6.45, 7) is 0.699. The first-order valence-corrected chi connectivity index (χ1v) is 6.86. The van der Waals surface area contributed by atoms with Gasteiger partial charge in [-0.3, -0.25) is 14.9 Å². The van der Waals surface area contributed by atoms with Crippen molar-refractivity contribution >= 4 is 17.7 Å². The molecule has 21 heavy (non-hydrogen) atoms. The number of aliphatic hydroxyl groups excluding tert-OH is 1. The molecule has 0 radical (unpaired) electrons. The highest BCUT2D eigenvalue weighted by atomic mass is 16.6. The number of carbonyl (C=O) groups is 1. The van der Waals surface area contributed by atoms with E-state index in [0.717, 1.165) is 12.8 Å². The predicted octanol–water partition coefficient (Wildman–Crippen LogP) is 1.89. The van der Waals surface area contributed by atoms with Crippen LogP contribution in [0.3, 0.4) is 0 Å². The third-order valence-electron chi connectivity index (χ3n) is 3.75. The van der Waals surface area contributed by atoms with Gasteiger partial charge in [0, 0.05) is 31.4 Å². The van der Waals surface area contributed by atoms with Gasteiger partial charge >= 0.3 is 0 Å². The van der Waals surface area contributed by atoms with Crippen molar-refractivity contribution in [3.63, 3.8) is 0 Å². The minimum Gasteiger partial charge on any atom is -0.396 e. The molecule has 1 aromatic rings. The lowest BCUT2D eigenvalue weighted by atomic mass is 10.0. The van der Waals surface area contributed by atoms with Crippen LogP contribution in [0.25, 0.3) is 6.08 Å². The normalized spacial score (nSPS) is 15.9. The number of rotatable bonds is 7. The van der Waals surface area contributed by atoms with Gasteiger partial charge in [-0.1, -0.05) is 12.1 Å². The van der Waals surface area contributed by atoms with Crippen molar-refractivity contribution in [1.82, 2.24) is 5.32 Å². The second kappa shape index (κ2) is 6.49. The smallest absolute Gasteiger partial charge is 0.270 e. The zero-order chi connectivity index (χ0) is 15.3. The van der Waals surface area contributed by atoms with Crippen LogP contribution in [0, 0.1) is 15.5 Å². The van der Waals surface area contributed by atoms with Crippen LogP contribution in [0.5, 0.6) is 0 Å². The molecule has 0 aliphatic heterocycles. The third-order valence-corrected chi connectivity index (χ3v) is 3.75. The topological polar surface area (TPSA) is 92.5 Å². The fourth-order valence-corrected chi connectivity index (χ4v) is 2.18. The van der Waals surface area contributed by atoms with Crippen molar-refractivity contribution in [2.24, 2.45) is 5.41 Å². The Balaban J connectivity index is 1.87. The molecule has 1 aliphatic carbocycles. The fraction of sp³-hybridized carbons (Fsp3) is 0.400. The van der Waals surface area contributed by atoms with E-state index in [1.165, 1.54) is 18.2 Å². The molecular weight excluding hydrogens is 272 g/mol. The molecule has 1 aliphatic rings. The maximum Gasteiger partial charge on any atom is 0.270 e. The standard InChI is InChI=1S/C15H18N2O4/c18-9-8-15(6-7-15)11-16-14(19)5-4-12-2-1-3-13(10-12)17(20)21/h1-5,10,18H,6-9,11H2,(H,16,19)/b5-4+. The Morgan fingerprint density at radius 1 is 1.48 bits per heavy atom. The van der Waals surface area contributed by atoms with Crippen molar-refractivity contribution in [3.8, 4) is 0 Å². The number of hydrogen-bond donors (Lipinski definition) is 2. The molecule has 6 nitrogen and oxygen atoms in total. The predicted molar refractivity (Wildman–Crippen MR) is 78.5 cm³/mol. The summed E-state index contributed by atoms with van der Waals surface area (Å²) in [6.07, 6.45) is 5.69. The van der Waals surface area contributed by atoms with Crippen molar-refractivity contribution in [1.29, 1.82) is 0 Å². The Hall–Kier alpha value is -2.21. The average Bonchev–Trinajstić information content (AvgIpc) is 3.24. The van der Waals surface area contributed by atoms with Crippen LogP contribution in [0.4, 0.5) is 5.69 Å². The molecule has 1 amide bonds. The minimum absolute atomic E-state index is 0.00237. The molecule has 1 fully saturated rings. The van der Waals surface area contributed by atoms with Gasteiger partial charge in [-0.2, -0.15) is 0 Å². The highest BCUT2D eigenvalue weighted by Crippen LogP contribution is 2.47. The van der Waals surface area contributed by atoms with Gasteiger partial charge < -0.3 is 10.4 Å². The largest absolute Gasteiger partial charge is 0.396 e. The van der Waals surface area contributed by atoms with E-state index in [1.54, 1.807) is 18.2 Å². The molecule has 0 saturated heterocycles. The van der Waals surface area contributed by atoms with Crippen LogP contribution in [0.1, 0.15) is 24.8 Å². The number of nitro groups is 1. The number of non-ortho nitro benzene ring substituents is 1. The zero-order valence-corrected chi connectivity index (χ0v) is 11.6.